The van der Waals surface area contributed by atoms with Gasteiger partial charge in [-0.05, 0) is 96.7 Å². The summed E-state index contributed by atoms with van der Waals surface area (Å²) < 4.78 is 16.2. The zero-order valence-electron chi connectivity index (χ0n) is 19.1. The molecule has 0 radical (unpaired) electrons. The monoisotopic (exact) mass is 441 g/mol. The van der Waals surface area contributed by atoms with E-state index >= 15 is 0 Å². The average molecular weight is 442 g/mol. The van der Waals surface area contributed by atoms with Crippen LogP contribution in [-0.2, 0) is 12.8 Å². The number of aliphatic hydroxyl groups excluding tert-OH is 1. The summed E-state index contributed by atoms with van der Waals surface area (Å²) in [5.74, 6) is -0.173. The zero-order valence-corrected chi connectivity index (χ0v) is 19.1. The molecule has 2 atom stereocenters. The summed E-state index contributed by atoms with van der Waals surface area (Å²) in [5.41, 5.74) is 8.36. The van der Waals surface area contributed by atoms with Crippen LogP contribution in [0.25, 0.3) is 22.3 Å². The lowest BCUT2D eigenvalue weighted by Gasteiger charge is -2.32. The normalized spacial score (nSPS) is 17.8. The number of para-hydroxylation sites is 1. The highest BCUT2D eigenvalue weighted by Crippen LogP contribution is 2.40. The van der Waals surface area contributed by atoms with Crippen molar-refractivity contribution in [2.75, 3.05) is 0 Å². The zero-order chi connectivity index (χ0) is 23.1. The van der Waals surface area contributed by atoms with Crippen molar-refractivity contribution in [3.63, 3.8) is 0 Å². The number of aryl methyl sites for hydroxylation is 1. The van der Waals surface area contributed by atoms with E-state index in [0.717, 1.165) is 57.4 Å². The largest absolute Gasteiger partial charge is 0.388 e. The molecular weight excluding hydrogens is 413 g/mol. The fraction of sp³-hybridized carbons (Fsp3) is 0.286. The Bertz CT molecular complexity index is 1360. The van der Waals surface area contributed by atoms with Gasteiger partial charge in [0.15, 0.2) is 0 Å². The lowest BCUT2D eigenvalue weighted by molar-refractivity contribution is 0.0935. The number of fused-ring (bicyclic) bond motifs is 2. The van der Waals surface area contributed by atoms with Crippen LogP contribution in [-0.4, -0.2) is 20.1 Å². The van der Waals surface area contributed by atoms with Crippen LogP contribution in [0.4, 0.5) is 4.39 Å². The summed E-state index contributed by atoms with van der Waals surface area (Å²) in [4.78, 5) is 0. The first kappa shape index (κ1) is 21.5. The second-order valence-corrected chi connectivity index (χ2v) is 9.06. The van der Waals surface area contributed by atoms with Gasteiger partial charge in [-0.15, -0.1) is 5.10 Å². The van der Waals surface area contributed by atoms with Crippen molar-refractivity contribution in [2.45, 2.75) is 45.6 Å². The maximum atomic E-state index is 14.3. The van der Waals surface area contributed by atoms with E-state index in [1.54, 1.807) is 0 Å². The average Bonchev–Trinajstić information content (AvgIpc) is 3.25. The quantitative estimate of drug-likeness (QED) is 0.405. The van der Waals surface area contributed by atoms with Gasteiger partial charge < -0.3 is 5.11 Å². The van der Waals surface area contributed by atoms with Gasteiger partial charge in [0.05, 0.1) is 17.3 Å². The van der Waals surface area contributed by atoms with Crippen molar-refractivity contribution >= 4 is 16.6 Å². The Hall–Kier alpha value is -3.31. The molecule has 0 spiro atoms. The molecule has 3 aromatic carbocycles. The minimum absolute atomic E-state index is 0.0628. The van der Waals surface area contributed by atoms with E-state index in [4.69, 9.17) is 0 Å². The van der Waals surface area contributed by atoms with E-state index in [2.05, 4.69) is 29.0 Å². The maximum absolute atomic E-state index is 14.3. The third-order valence-corrected chi connectivity index (χ3v) is 6.85. The van der Waals surface area contributed by atoms with E-state index in [-0.39, 0.29) is 11.7 Å². The molecule has 33 heavy (non-hydrogen) atoms. The molecule has 0 saturated carbocycles. The highest BCUT2D eigenvalue weighted by molar-refractivity contribution is 5.76. The van der Waals surface area contributed by atoms with E-state index in [1.807, 2.05) is 54.9 Å². The van der Waals surface area contributed by atoms with E-state index in [1.165, 1.54) is 6.07 Å². The first-order chi connectivity index (χ1) is 16.0. The van der Waals surface area contributed by atoms with E-state index in [9.17, 15) is 9.50 Å². The van der Waals surface area contributed by atoms with Gasteiger partial charge in [-0.1, -0.05) is 43.0 Å². The molecule has 0 amide bonds. The SMILES string of the molecule is C=C(CC)c1cc(CC2CCc3c(cc(C)cc3-n3nnc4ccccc43)C2O)ccc1F. The Morgan fingerprint density at radius 2 is 2.00 bits per heavy atom. The number of aromatic nitrogens is 3. The number of nitrogens with zero attached hydrogens (tertiary/aromatic N) is 3. The number of rotatable bonds is 5. The van der Waals surface area contributed by atoms with Crippen LogP contribution in [0.2, 0.25) is 0 Å². The summed E-state index contributed by atoms with van der Waals surface area (Å²) in [6.45, 7) is 8.02. The molecule has 1 aromatic heterocycles. The van der Waals surface area contributed by atoms with Crippen molar-refractivity contribution in [1.29, 1.82) is 0 Å². The molecule has 1 aliphatic rings. The molecule has 5 heteroatoms. The van der Waals surface area contributed by atoms with Gasteiger partial charge in [0.25, 0.3) is 0 Å². The summed E-state index contributed by atoms with van der Waals surface area (Å²) in [7, 11) is 0. The van der Waals surface area contributed by atoms with Gasteiger partial charge in [-0.25, -0.2) is 9.07 Å². The van der Waals surface area contributed by atoms with Crippen LogP contribution < -0.4 is 0 Å². The van der Waals surface area contributed by atoms with E-state index in [0.29, 0.717) is 18.4 Å². The Labute approximate surface area is 193 Å². The van der Waals surface area contributed by atoms with Gasteiger partial charge >= 0.3 is 0 Å². The van der Waals surface area contributed by atoms with Gasteiger partial charge in [-0.3, -0.25) is 0 Å². The van der Waals surface area contributed by atoms with Gasteiger partial charge in [0.2, 0.25) is 0 Å². The lowest BCUT2D eigenvalue weighted by atomic mass is 9.77. The van der Waals surface area contributed by atoms with Crippen molar-refractivity contribution in [3.8, 4) is 5.69 Å². The minimum atomic E-state index is -0.593. The van der Waals surface area contributed by atoms with Crippen molar-refractivity contribution in [1.82, 2.24) is 15.0 Å². The number of benzene rings is 3. The topological polar surface area (TPSA) is 50.9 Å². The number of hydrogen-bond donors (Lipinski definition) is 1. The number of aliphatic hydroxyl groups is 1. The number of allylic oxidation sites excluding steroid dienone is 1. The molecule has 1 N–H and O–H groups in total. The molecule has 1 heterocycles. The van der Waals surface area contributed by atoms with Crippen molar-refractivity contribution < 1.29 is 9.50 Å². The third kappa shape index (κ3) is 3.87. The van der Waals surface area contributed by atoms with Gasteiger partial charge in [-0.2, -0.15) is 0 Å². The minimum Gasteiger partial charge on any atom is -0.388 e. The van der Waals surface area contributed by atoms with Crippen molar-refractivity contribution in [2.24, 2.45) is 5.92 Å². The molecule has 1 aliphatic carbocycles. The highest BCUT2D eigenvalue weighted by atomic mass is 19.1. The first-order valence-corrected chi connectivity index (χ1v) is 11.5. The van der Waals surface area contributed by atoms with E-state index < -0.39 is 6.10 Å². The van der Waals surface area contributed by atoms with Crippen LogP contribution in [0, 0.1) is 18.7 Å². The molecule has 5 rings (SSSR count). The standard InChI is InChI=1S/C28H28FN3O/c1-4-18(3)22-16-19(9-12-24(22)29)15-20-10-11-21-23(28(20)33)13-17(2)14-27(21)32-26-8-6-5-7-25(26)30-31-32/h5-9,12-14,16,20,28,33H,3-4,10-11,15H2,1-2H3. The lowest BCUT2D eigenvalue weighted by Crippen LogP contribution is -2.24. The fourth-order valence-corrected chi connectivity index (χ4v) is 5.02. The molecule has 0 fully saturated rings. The van der Waals surface area contributed by atoms with Crippen LogP contribution in [0.5, 0.6) is 0 Å². The molecule has 168 valence electrons. The molecule has 4 nitrogen and oxygen atoms in total. The summed E-state index contributed by atoms with van der Waals surface area (Å²) in [6, 6.07) is 17.4. The molecule has 0 saturated heterocycles. The predicted octanol–water partition coefficient (Wildman–Crippen LogP) is 6.13. The van der Waals surface area contributed by atoms with Gasteiger partial charge in [0, 0.05) is 5.56 Å². The van der Waals surface area contributed by atoms with Crippen molar-refractivity contribution in [3.05, 3.63) is 94.8 Å². The summed E-state index contributed by atoms with van der Waals surface area (Å²) in [5, 5.41) is 20.1. The Morgan fingerprint density at radius 1 is 1.18 bits per heavy atom. The molecule has 2 unspecified atom stereocenters. The molecular formula is C28H28FN3O. The van der Waals surface area contributed by atoms with Gasteiger partial charge in [0.1, 0.15) is 11.3 Å². The summed E-state index contributed by atoms with van der Waals surface area (Å²) in [6.07, 6.45) is 2.50. The Morgan fingerprint density at radius 3 is 2.82 bits per heavy atom. The highest BCUT2D eigenvalue weighted by Gasteiger charge is 2.31. The smallest absolute Gasteiger partial charge is 0.130 e. The second-order valence-electron chi connectivity index (χ2n) is 9.06. The molecule has 0 bridgehead atoms. The number of halogens is 1. The van der Waals surface area contributed by atoms with Crippen LogP contribution in [0.3, 0.4) is 0 Å². The summed E-state index contributed by atoms with van der Waals surface area (Å²) >= 11 is 0. The van der Waals surface area contributed by atoms with Crippen LogP contribution in [0.15, 0.2) is 61.2 Å². The molecule has 4 aromatic rings. The van der Waals surface area contributed by atoms with Crippen LogP contribution in [0.1, 0.15) is 53.7 Å². The molecule has 0 aliphatic heterocycles. The first-order valence-electron chi connectivity index (χ1n) is 11.5. The van der Waals surface area contributed by atoms with Crippen LogP contribution >= 0.6 is 0 Å². The predicted molar refractivity (Wildman–Crippen MR) is 130 cm³/mol. The third-order valence-electron chi connectivity index (χ3n) is 6.85. The fourth-order valence-electron chi connectivity index (χ4n) is 5.02. The Kier molecular flexibility index (Phi) is 5.59. The Balaban J connectivity index is 1.49. The number of hydrogen-bond acceptors (Lipinski definition) is 3. The maximum Gasteiger partial charge on any atom is 0.130 e. The second kappa shape index (κ2) is 8.56.